The second-order valence-corrected chi connectivity index (χ2v) is 7.54. The molecule has 1 unspecified atom stereocenters. The van der Waals surface area contributed by atoms with Gasteiger partial charge in [-0.05, 0) is 54.3 Å². The number of benzene rings is 1. The minimum atomic E-state index is -1.01. The number of hydrogen-bond donors (Lipinski definition) is 3. The summed E-state index contributed by atoms with van der Waals surface area (Å²) < 4.78 is 0. The molecule has 1 aromatic heterocycles. The molecule has 27 heavy (non-hydrogen) atoms. The Labute approximate surface area is 163 Å². The Bertz CT molecular complexity index is 802. The van der Waals surface area contributed by atoms with Crippen LogP contribution in [0.4, 0.5) is 5.69 Å². The van der Waals surface area contributed by atoms with E-state index in [1.165, 1.54) is 5.56 Å². The number of para-hydroxylation sites is 1. The molecule has 0 bridgehead atoms. The summed E-state index contributed by atoms with van der Waals surface area (Å²) in [6, 6.07) is 9.89. The molecular weight excluding hydrogens is 360 g/mol. The molecule has 2 aromatic rings. The molecule has 0 fully saturated rings. The van der Waals surface area contributed by atoms with E-state index in [1.54, 1.807) is 23.2 Å². The van der Waals surface area contributed by atoms with Crippen molar-refractivity contribution in [3.63, 3.8) is 0 Å². The van der Waals surface area contributed by atoms with Crippen LogP contribution in [0.3, 0.4) is 0 Å². The Morgan fingerprint density at radius 2 is 2.15 bits per heavy atom. The fraction of sp³-hybridized carbons (Fsp3) is 0.400. The van der Waals surface area contributed by atoms with Crippen molar-refractivity contribution in [1.29, 1.82) is 0 Å². The summed E-state index contributed by atoms with van der Waals surface area (Å²) in [5, 5.41) is 20.8. The Morgan fingerprint density at radius 3 is 2.89 bits per heavy atom. The fourth-order valence-corrected chi connectivity index (χ4v) is 3.88. The smallest absolute Gasteiger partial charge is 0.248 e. The van der Waals surface area contributed by atoms with Crippen LogP contribution in [0.2, 0.25) is 0 Å². The minimum Gasteiger partial charge on any atom is -0.384 e. The van der Waals surface area contributed by atoms with Crippen LogP contribution in [-0.4, -0.2) is 43.2 Å². The molecular formula is C20H26N4O2S. The molecule has 0 aliphatic carbocycles. The van der Waals surface area contributed by atoms with Gasteiger partial charge in [0.1, 0.15) is 12.1 Å². The average Bonchev–Trinajstić information content (AvgIpc) is 3.34. The standard InChI is InChI=1S/C20H26N4O2S/c1-3-21-19(23-14-20(2,26)16-9-11-27-13-16)22-12-18(25)24-10-8-15-6-4-5-7-17(15)24/h4-7,9,11,13,26H,3,8,10,12,14H2,1-2H3,(H2,21,22,23). The van der Waals surface area contributed by atoms with E-state index in [9.17, 15) is 9.90 Å². The lowest BCUT2D eigenvalue weighted by molar-refractivity contribution is -0.117. The number of thiophene rings is 1. The molecule has 1 aromatic carbocycles. The number of nitrogens with zero attached hydrogens (tertiary/aromatic N) is 2. The van der Waals surface area contributed by atoms with Gasteiger partial charge in [-0.25, -0.2) is 4.99 Å². The number of guanidine groups is 1. The van der Waals surface area contributed by atoms with E-state index in [-0.39, 0.29) is 12.5 Å². The first kappa shape index (κ1) is 19.4. The maximum atomic E-state index is 12.6. The van der Waals surface area contributed by atoms with Crippen LogP contribution in [0.1, 0.15) is 25.0 Å². The molecule has 6 nitrogen and oxygen atoms in total. The predicted molar refractivity (Wildman–Crippen MR) is 110 cm³/mol. The summed E-state index contributed by atoms with van der Waals surface area (Å²) in [5.41, 5.74) is 2.04. The number of aliphatic hydroxyl groups is 1. The third-order valence-corrected chi connectivity index (χ3v) is 5.33. The molecule has 3 N–H and O–H groups in total. The van der Waals surface area contributed by atoms with Crippen LogP contribution < -0.4 is 15.5 Å². The fourth-order valence-electron chi connectivity index (χ4n) is 3.10. The van der Waals surface area contributed by atoms with Crippen molar-refractivity contribution in [3.8, 4) is 0 Å². The van der Waals surface area contributed by atoms with Crippen LogP contribution >= 0.6 is 11.3 Å². The summed E-state index contributed by atoms with van der Waals surface area (Å²) in [7, 11) is 0. The first-order chi connectivity index (χ1) is 13.0. The van der Waals surface area contributed by atoms with Gasteiger partial charge in [-0.1, -0.05) is 18.2 Å². The lowest BCUT2D eigenvalue weighted by Gasteiger charge is -2.24. The zero-order valence-electron chi connectivity index (χ0n) is 15.7. The van der Waals surface area contributed by atoms with Crippen LogP contribution in [-0.2, 0) is 16.8 Å². The van der Waals surface area contributed by atoms with Gasteiger partial charge in [0.2, 0.25) is 5.91 Å². The van der Waals surface area contributed by atoms with Crippen molar-refractivity contribution in [2.24, 2.45) is 4.99 Å². The maximum absolute atomic E-state index is 12.6. The van der Waals surface area contributed by atoms with Gasteiger partial charge in [0.15, 0.2) is 5.96 Å². The molecule has 1 amide bonds. The third kappa shape index (κ3) is 4.67. The van der Waals surface area contributed by atoms with E-state index >= 15 is 0 Å². The van der Waals surface area contributed by atoms with E-state index in [1.807, 2.05) is 41.9 Å². The topological polar surface area (TPSA) is 77.0 Å². The number of nitrogens with one attached hydrogen (secondary N) is 2. The summed E-state index contributed by atoms with van der Waals surface area (Å²) in [4.78, 5) is 18.8. The van der Waals surface area contributed by atoms with Crippen LogP contribution in [0.5, 0.6) is 0 Å². The third-order valence-electron chi connectivity index (χ3n) is 4.65. The van der Waals surface area contributed by atoms with Gasteiger partial charge in [-0.2, -0.15) is 11.3 Å². The van der Waals surface area contributed by atoms with E-state index in [4.69, 9.17) is 0 Å². The summed E-state index contributed by atoms with van der Waals surface area (Å²) >= 11 is 1.55. The average molecular weight is 387 g/mol. The quantitative estimate of drug-likeness (QED) is 0.525. The van der Waals surface area contributed by atoms with Crippen molar-refractivity contribution >= 4 is 28.9 Å². The van der Waals surface area contributed by atoms with E-state index in [2.05, 4.69) is 21.7 Å². The first-order valence-electron chi connectivity index (χ1n) is 9.17. The highest BCUT2D eigenvalue weighted by molar-refractivity contribution is 7.08. The van der Waals surface area contributed by atoms with Gasteiger partial charge in [0.25, 0.3) is 0 Å². The Morgan fingerprint density at radius 1 is 1.33 bits per heavy atom. The van der Waals surface area contributed by atoms with Gasteiger partial charge in [-0.15, -0.1) is 0 Å². The molecule has 0 spiro atoms. The van der Waals surface area contributed by atoms with Crippen LogP contribution in [0.25, 0.3) is 0 Å². The number of carbonyl (C=O) groups is 1. The molecule has 2 heterocycles. The van der Waals surface area contributed by atoms with Crippen molar-refractivity contribution in [2.75, 3.05) is 31.1 Å². The van der Waals surface area contributed by atoms with Crippen LogP contribution in [0, 0.1) is 0 Å². The molecule has 0 saturated heterocycles. The predicted octanol–water partition coefficient (Wildman–Crippen LogP) is 2.10. The number of carbonyl (C=O) groups excluding carboxylic acids is 1. The van der Waals surface area contributed by atoms with Gasteiger partial charge >= 0.3 is 0 Å². The molecule has 7 heteroatoms. The van der Waals surface area contributed by atoms with Crippen LogP contribution in [0.15, 0.2) is 46.1 Å². The second-order valence-electron chi connectivity index (χ2n) is 6.76. The van der Waals surface area contributed by atoms with Gasteiger partial charge in [-0.3, -0.25) is 4.79 Å². The minimum absolute atomic E-state index is 0.0262. The zero-order valence-corrected chi connectivity index (χ0v) is 16.6. The zero-order chi connectivity index (χ0) is 19.3. The Balaban J connectivity index is 1.61. The molecule has 0 radical (unpaired) electrons. The number of rotatable bonds is 6. The van der Waals surface area contributed by atoms with Gasteiger partial charge < -0.3 is 20.6 Å². The Hall–Kier alpha value is -2.38. The van der Waals surface area contributed by atoms with Crippen molar-refractivity contribution in [3.05, 3.63) is 52.2 Å². The molecule has 1 aliphatic rings. The normalized spacial score (nSPS) is 16.0. The van der Waals surface area contributed by atoms with E-state index in [0.717, 1.165) is 17.7 Å². The summed E-state index contributed by atoms with van der Waals surface area (Å²) in [5.74, 6) is 0.496. The number of anilines is 1. The lowest BCUT2D eigenvalue weighted by Crippen LogP contribution is -2.45. The highest BCUT2D eigenvalue weighted by atomic mass is 32.1. The summed E-state index contributed by atoms with van der Waals surface area (Å²) in [6.45, 7) is 5.46. The van der Waals surface area contributed by atoms with Crippen molar-refractivity contribution < 1.29 is 9.90 Å². The van der Waals surface area contributed by atoms with E-state index in [0.29, 0.717) is 25.6 Å². The molecule has 1 aliphatic heterocycles. The van der Waals surface area contributed by atoms with E-state index < -0.39 is 5.60 Å². The number of fused-ring (bicyclic) bond motifs is 1. The van der Waals surface area contributed by atoms with Crippen molar-refractivity contribution in [1.82, 2.24) is 10.6 Å². The van der Waals surface area contributed by atoms with Crippen molar-refractivity contribution in [2.45, 2.75) is 25.9 Å². The summed E-state index contributed by atoms with van der Waals surface area (Å²) in [6.07, 6.45) is 0.882. The Kier molecular flexibility index (Phi) is 6.13. The number of amides is 1. The maximum Gasteiger partial charge on any atom is 0.248 e. The largest absolute Gasteiger partial charge is 0.384 e. The lowest BCUT2D eigenvalue weighted by atomic mass is 9.99. The molecule has 0 saturated carbocycles. The van der Waals surface area contributed by atoms with Gasteiger partial charge in [0, 0.05) is 18.8 Å². The second kappa shape index (κ2) is 8.54. The van der Waals surface area contributed by atoms with Gasteiger partial charge in [0.05, 0.1) is 6.54 Å². The monoisotopic (exact) mass is 386 g/mol. The SMILES string of the molecule is CCNC(=NCC(=O)N1CCc2ccccc21)NCC(C)(O)c1ccsc1. The molecule has 144 valence electrons. The highest BCUT2D eigenvalue weighted by Gasteiger charge is 2.25. The highest BCUT2D eigenvalue weighted by Crippen LogP contribution is 2.27. The first-order valence-corrected chi connectivity index (χ1v) is 10.1. The number of hydrogen-bond acceptors (Lipinski definition) is 4. The molecule has 3 rings (SSSR count). The molecule has 1 atom stereocenters. The number of aliphatic imine (C=N–C) groups is 1.